The summed E-state index contributed by atoms with van der Waals surface area (Å²) in [7, 11) is 0. The monoisotopic (exact) mass is 353 g/mol. The molecule has 1 saturated carbocycles. The number of likely N-dealkylation sites (tertiary alicyclic amines) is 1. The van der Waals surface area contributed by atoms with Gasteiger partial charge in [-0.1, -0.05) is 24.3 Å². The van der Waals surface area contributed by atoms with E-state index in [9.17, 15) is 14.4 Å². The van der Waals surface area contributed by atoms with Crippen molar-refractivity contribution in [3.8, 4) is 0 Å². The van der Waals surface area contributed by atoms with Crippen LogP contribution >= 0.6 is 0 Å². The molecule has 3 aliphatic carbocycles. The third-order valence-corrected chi connectivity index (χ3v) is 5.75. The average Bonchev–Trinajstić information content (AvgIpc) is 2.90. The van der Waals surface area contributed by atoms with Crippen molar-refractivity contribution in [2.75, 3.05) is 18.4 Å². The molecule has 1 aromatic carbocycles. The summed E-state index contributed by atoms with van der Waals surface area (Å²) in [5.74, 6) is -0.118. The zero-order valence-corrected chi connectivity index (χ0v) is 14.8. The Balaban J connectivity index is 1.32. The first-order chi connectivity index (χ1) is 12.5. The van der Waals surface area contributed by atoms with Crippen LogP contribution in [-0.4, -0.2) is 35.8 Å². The van der Waals surface area contributed by atoms with Crippen molar-refractivity contribution in [2.24, 2.45) is 23.7 Å². The summed E-state index contributed by atoms with van der Waals surface area (Å²) in [6.45, 7) is 2.43. The molecule has 0 radical (unpaired) electrons. The Hall–Kier alpha value is -2.63. The van der Waals surface area contributed by atoms with Crippen molar-refractivity contribution in [1.82, 2.24) is 10.2 Å². The lowest BCUT2D eigenvalue weighted by Gasteiger charge is -2.38. The average molecular weight is 353 g/mol. The van der Waals surface area contributed by atoms with E-state index in [0.717, 1.165) is 18.4 Å². The second-order valence-electron chi connectivity index (χ2n) is 7.42. The first-order valence-corrected chi connectivity index (χ1v) is 9.19. The van der Waals surface area contributed by atoms with E-state index in [1.54, 1.807) is 0 Å². The number of aryl methyl sites for hydroxylation is 1. The number of carbonyl (C=O) groups is 3. The lowest BCUT2D eigenvalue weighted by molar-refractivity contribution is -0.140. The molecule has 0 aromatic heterocycles. The molecule has 4 aliphatic rings. The summed E-state index contributed by atoms with van der Waals surface area (Å²) in [6.07, 6.45) is 6.20. The summed E-state index contributed by atoms with van der Waals surface area (Å²) < 4.78 is 0. The van der Waals surface area contributed by atoms with E-state index in [-0.39, 0.29) is 54.6 Å². The molecule has 2 N–H and O–H groups in total. The Kier molecular flexibility index (Phi) is 4.26. The number of benzene rings is 1. The van der Waals surface area contributed by atoms with Gasteiger partial charge in [-0.15, -0.1) is 0 Å². The molecule has 26 heavy (non-hydrogen) atoms. The highest BCUT2D eigenvalue weighted by molar-refractivity contribution is 6.06. The van der Waals surface area contributed by atoms with Gasteiger partial charge in [-0.3, -0.25) is 14.5 Å². The maximum absolute atomic E-state index is 12.7. The number of hydrogen-bond acceptors (Lipinski definition) is 3. The van der Waals surface area contributed by atoms with Gasteiger partial charge in [0.25, 0.3) is 0 Å². The Labute approximate surface area is 152 Å². The first kappa shape index (κ1) is 16.8. The molecular weight excluding hydrogens is 330 g/mol. The van der Waals surface area contributed by atoms with Crippen LogP contribution in [0, 0.1) is 30.6 Å². The van der Waals surface area contributed by atoms with Crippen molar-refractivity contribution in [2.45, 2.75) is 19.8 Å². The van der Waals surface area contributed by atoms with Gasteiger partial charge in [0.2, 0.25) is 11.8 Å². The van der Waals surface area contributed by atoms with Gasteiger partial charge in [0.05, 0.1) is 11.8 Å². The molecule has 136 valence electrons. The predicted octanol–water partition coefficient (Wildman–Crippen LogP) is 2.31. The summed E-state index contributed by atoms with van der Waals surface area (Å²) in [6, 6.07) is 7.17. The Morgan fingerprint density at radius 1 is 1.12 bits per heavy atom. The minimum absolute atomic E-state index is 0.0695. The summed E-state index contributed by atoms with van der Waals surface area (Å²) >= 11 is 0. The molecule has 1 aliphatic heterocycles. The summed E-state index contributed by atoms with van der Waals surface area (Å²) in [5, 5.41) is 5.48. The van der Waals surface area contributed by atoms with Gasteiger partial charge >= 0.3 is 6.03 Å². The van der Waals surface area contributed by atoms with E-state index in [1.165, 1.54) is 4.90 Å². The number of fused-ring (bicyclic) bond motifs is 1. The number of rotatable bonds is 4. The molecule has 6 nitrogen and oxygen atoms in total. The van der Waals surface area contributed by atoms with Gasteiger partial charge in [-0.05, 0) is 49.3 Å². The molecule has 1 aromatic rings. The smallest absolute Gasteiger partial charge is 0.319 e. The number of carbonyl (C=O) groups excluding carboxylic acids is 3. The molecule has 4 unspecified atom stereocenters. The highest BCUT2D eigenvalue weighted by atomic mass is 16.2. The summed E-state index contributed by atoms with van der Waals surface area (Å²) in [5.41, 5.74) is 1.77. The lowest BCUT2D eigenvalue weighted by atomic mass is 9.63. The third-order valence-electron chi connectivity index (χ3n) is 5.75. The van der Waals surface area contributed by atoms with Crippen molar-refractivity contribution < 1.29 is 14.4 Å². The molecule has 2 bridgehead atoms. The second kappa shape index (κ2) is 6.59. The van der Waals surface area contributed by atoms with Crippen LogP contribution in [0.4, 0.5) is 10.5 Å². The highest BCUT2D eigenvalue weighted by Crippen LogP contribution is 2.49. The fourth-order valence-corrected chi connectivity index (χ4v) is 4.54. The SMILES string of the molecule is Cc1cccc(NC(=O)NCCN2C(=O)C3C4C=CC(CC4)C3C2=O)c1. The van der Waals surface area contributed by atoms with Gasteiger partial charge in [0, 0.05) is 18.8 Å². The third kappa shape index (κ3) is 2.89. The zero-order chi connectivity index (χ0) is 18.3. The largest absolute Gasteiger partial charge is 0.336 e. The molecule has 6 heteroatoms. The zero-order valence-electron chi connectivity index (χ0n) is 14.8. The van der Waals surface area contributed by atoms with Crippen molar-refractivity contribution >= 4 is 23.5 Å². The number of nitrogens with one attached hydrogen (secondary N) is 2. The van der Waals surface area contributed by atoms with Crippen LogP contribution in [0.3, 0.4) is 0 Å². The van der Waals surface area contributed by atoms with Gasteiger partial charge < -0.3 is 10.6 Å². The quantitative estimate of drug-likeness (QED) is 0.644. The fourth-order valence-electron chi connectivity index (χ4n) is 4.54. The van der Waals surface area contributed by atoms with Gasteiger partial charge in [-0.2, -0.15) is 0 Å². The molecule has 2 fully saturated rings. The van der Waals surface area contributed by atoms with Crippen LogP contribution in [0.2, 0.25) is 0 Å². The second-order valence-corrected chi connectivity index (χ2v) is 7.42. The normalized spacial score (nSPS) is 29.0. The number of amides is 4. The minimum atomic E-state index is -0.339. The van der Waals surface area contributed by atoms with Crippen LogP contribution in [0.15, 0.2) is 36.4 Å². The standard InChI is InChI=1S/C20H23N3O3/c1-12-3-2-4-15(11-12)22-20(26)21-9-10-23-18(24)16-13-5-6-14(8-7-13)17(16)19(23)25/h2-6,11,13-14,16-17H,7-10H2,1H3,(H2,21,22,26). The Morgan fingerprint density at radius 2 is 1.77 bits per heavy atom. The molecular formula is C20H23N3O3. The van der Waals surface area contributed by atoms with E-state index in [4.69, 9.17) is 0 Å². The van der Waals surface area contributed by atoms with Crippen molar-refractivity contribution in [3.05, 3.63) is 42.0 Å². The maximum atomic E-state index is 12.7. The van der Waals surface area contributed by atoms with Crippen LogP contribution in [0.1, 0.15) is 18.4 Å². The number of nitrogens with zero attached hydrogens (tertiary/aromatic N) is 1. The molecule has 4 amide bonds. The van der Waals surface area contributed by atoms with Crippen LogP contribution in [-0.2, 0) is 9.59 Å². The Bertz CT molecular complexity index is 756. The topological polar surface area (TPSA) is 78.5 Å². The number of imide groups is 1. The van der Waals surface area contributed by atoms with E-state index in [2.05, 4.69) is 22.8 Å². The lowest BCUT2D eigenvalue weighted by Crippen LogP contribution is -2.40. The van der Waals surface area contributed by atoms with E-state index >= 15 is 0 Å². The van der Waals surface area contributed by atoms with E-state index < -0.39 is 0 Å². The van der Waals surface area contributed by atoms with Crippen molar-refractivity contribution in [1.29, 1.82) is 0 Å². The number of urea groups is 1. The van der Waals surface area contributed by atoms with Crippen molar-refractivity contribution in [3.63, 3.8) is 0 Å². The first-order valence-electron chi connectivity index (χ1n) is 9.19. The van der Waals surface area contributed by atoms with E-state index in [1.807, 2.05) is 31.2 Å². The summed E-state index contributed by atoms with van der Waals surface area (Å²) in [4.78, 5) is 38.7. The molecule has 4 atom stereocenters. The fraction of sp³-hybridized carbons (Fsp3) is 0.450. The minimum Gasteiger partial charge on any atom is -0.336 e. The number of hydrogen-bond donors (Lipinski definition) is 2. The van der Waals surface area contributed by atoms with Crippen LogP contribution in [0.5, 0.6) is 0 Å². The molecule has 0 spiro atoms. The Morgan fingerprint density at radius 3 is 2.35 bits per heavy atom. The van der Waals surface area contributed by atoms with Crippen LogP contribution < -0.4 is 10.6 Å². The van der Waals surface area contributed by atoms with Gasteiger partial charge in [0.15, 0.2) is 0 Å². The van der Waals surface area contributed by atoms with Crippen LogP contribution in [0.25, 0.3) is 0 Å². The predicted molar refractivity (Wildman–Crippen MR) is 97.3 cm³/mol. The molecule has 1 saturated heterocycles. The van der Waals surface area contributed by atoms with Gasteiger partial charge in [0.1, 0.15) is 0 Å². The maximum Gasteiger partial charge on any atom is 0.319 e. The van der Waals surface area contributed by atoms with E-state index in [0.29, 0.717) is 5.69 Å². The molecule has 5 rings (SSSR count). The number of allylic oxidation sites excluding steroid dienone is 2. The number of anilines is 1. The highest BCUT2D eigenvalue weighted by Gasteiger charge is 2.56. The molecule has 1 heterocycles. The van der Waals surface area contributed by atoms with Gasteiger partial charge in [-0.25, -0.2) is 4.79 Å².